The van der Waals surface area contributed by atoms with Gasteiger partial charge in [-0.05, 0) is 26.3 Å². The van der Waals surface area contributed by atoms with Gasteiger partial charge >= 0.3 is 18.1 Å². The third kappa shape index (κ3) is 6.77. The zero-order valence-electron chi connectivity index (χ0n) is 9.30. The Kier molecular flexibility index (Phi) is 6.55. The minimum atomic E-state index is -4.87. The molecule has 0 spiro atoms. The van der Waals surface area contributed by atoms with Crippen molar-refractivity contribution >= 4 is 11.9 Å². The van der Waals surface area contributed by atoms with Crippen molar-refractivity contribution in [1.29, 1.82) is 0 Å². The molecule has 0 radical (unpaired) electrons. The predicted octanol–water partition coefficient (Wildman–Crippen LogP) is 0.508. The van der Waals surface area contributed by atoms with Gasteiger partial charge in [-0.25, -0.2) is 0 Å². The van der Waals surface area contributed by atoms with Crippen LogP contribution in [0.4, 0.5) is 13.2 Å². The minimum Gasteiger partial charge on any atom is -0.480 e. The monoisotopic (exact) mass is 256 g/mol. The Morgan fingerprint density at radius 2 is 1.88 bits per heavy atom. The fourth-order valence-electron chi connectivity index (χ4n) is 1.17. The standard InChI is InChI=1S/C9H15F3N2O3/c1-13-6(7(15)16)4-2-3-5-14-8(17)9(10,11)12/h6,13H,2-5H2,1H3,(H,14,17)(H,15,16)/t6-/m0/s1. The summed E-state index contributed by atoms with van der Waals surface area (Å²) in [5.41, 5.74) is 0. The van der Waals surface area contributed by atoms with Crippen molar-refractivity contribution in [3.8, 4) is 0 Å². The molecule has 0 heterocycles. The van der Waals surface area contributed by atoms with Crippen LogP contribution in [0.3, 0.4) is 0 Å². The van der Waals surface area contributed by atoms with Gasteiger partial charge in [-0.1, -0.05) is 0 Å². The molecule has 1 amide bonds. The van der Waals surface area contributed by atoms with E-state index in [0.29, 0.717) is 19.3 Å². The first-order chi connectivity index (χ1) is 7.79. The Labute approximate surface area is 96.4 Å². The highest BCUT2D eigenvalue weighted by Crippen LogP contribution is 2.14. The van der Waals surface area contributed by atoms with Crippen LogP contribution in [0.15, 0.2) is 0 Å². The fraction of sp³-hybridized carbons (Fsp3) is 0.778. The molecule has 0 rings (SSSR count). The molecule has 0 bridgehead atoms. The van der Waals surface area contributed by atoms with E-state index in [1.165, 1.54) is 7.05 Å². The van der Waals surface area contributed by atoms with Crippen LogP contribution >= 0.6 is 0 Å². The van der Waals surface area contributed by atoms with Gasteiger partial charge in [0.05, 0.1) is 0 Å². The summed E-state index contributed by atoms with van der Waals surface area (Å²) in [6, 6.07) is -0.715. The zero-order chi connectivity index (χ0) is 13.5. The van der Waals surface area contributed by atoms with Crippen molar-refractivity contribution in [2.24, 2.45) is 0 Å². The van der Waals surface area contributed by atoms with Crippen molar-refractivity contribution in [1.82, 2.24) is 10.6 Å². The molecule has 0 unspecified atom stereocenters. The number of aliphatic carboxylic acids is 1. The molecule has 0 aliphatic carbocycles. The Morgan fingerprint density at radius 3 is 2.29 bits per heavy atom. The van der Waals surface area contributed by atoms with E-state index in [1.54, 1.807) is 5.32 Å². The Balaban J connectivity index is 3.66. The Morgan fingerprint density at radius 1 is 1.29 bits per heavy atom. The number of halogens is 3. The van der Waals surface area contributed by atoms with Crippen molar-refractivity contribution in [2.45, 2.75) is 31.5 Å². The number of carboxylic acids is 1. The third-order valence-electron chi connectivity index (χ3n) is 2.11. The van der Waals surface area contributed by atoms with Gasteiger partial charge < -0.3 is 15.7 Å². The molecular weight excluding hydrogens is 241 g/mol. The number of carbonyl (C=O) groups excluding carboxylic acids is 1. The van der Waals surface area contributed by atoms with Crippen molar-refractivity contribution in [3.05, 3.63) is 0 Å². The molecule has 0 fully saturated rings. The van der Waals surface area contributed by atoms with Gasteiger partial charge in [-0.15, -0.1) is 0 Å². The largest absolute Gasteiger partial charge is 0.480 e. The van der Waals surface area contributed by atoms with Gasteiger partial charge in [0.15, 0.2) is 0 Å². The van der Waals surface area contributed by atoms with Crippen molar-refractivity contribution < 1.29 is 27.9 Å². The van der Waals surface area contributed by atoms with Gasteiger partial charge in [0, 0.05) is 6.54 Å². The van der Waals surface area contributed by atoms with E-state index in [2.05, 4.69) is 5.32 Å². The van der Waals surface area contributed by atoms with Gasteiger partial charge in [-0.3, -0.25) is 9.59 Å². The smallest absolute Gasteiger partial charge is 0.471 e. The molecule has 1 atom stereocenters. The van der Waals surface area contributed by atoms with Crippen LogP contribution in [0, 0.1) is 0 Å². The highest BCUT2D eigenvalue weighted by Gasteiger charge is 2.38. The maximum Gasteiger partial charge on any atom is 0.471 e. The first-order valence-corrected chi connectivity index (χ1v) is 5.04. The maximum absolute atomic E-state index is 11.7. The average Bonchev–Trinajstić information content (AvgIpc) is 2.20. The number of rotatable bonds is 7. The van der Waals surface area contributed by atoms with Gasteiger partial charge in [-0.2, -0.15) is 13.2 Å². The van der Waals surface area contributed by atoms with E-state index in [4.69, 9.17) is 5.11 Å². The predicted molar refractivity (Wildman–Crippen MR) is 53.4 cm³/mol. The Hall–Kier alpha value is -1.31. The number of hydrogen-bond donors (Lipinski definition) is 3. The second kappa shape index (κ2) is 7.10. The van der Waals surface area contributed by atoms with Gasteiger partial charge in [0.2, 0.25) is 0 Å². The third-order valence-corrected chi connectivity index (χ3v) is 2.11. The quantitative estimate of drug-likeness (QED) is 0.580. The summed E-state index contributed by atoms with van der Waals surface area (Å²) in [5, 5.41) is 12.9. The van der Waals surface area contributed by atoms with Crippen LogP contribution in [0.2, 0.25) is 0 Å². The van der Waals surface area contributed by atoms with Gasteiger partial charge in [0.1, 0.15) is 6.04 Å². The molecule has 0 aromatic heterocycles. The molecule has 0 saturated carbocycles. The number of likely N-dealkylation sites (N-methyl/N-ethyl adjacent to an activating group) is 1. The highest BCUT2D eigenvalue weighted by atomic mass is 19.4. The number of carbonyl (C=O) groups is 2. The molecule has 0 aliphatic heterocycles. The van der Waals surface area contributed by atoms with Crippen LogP contribution in [-0.4, -0.2) is 42.8 Å². The van der Waals surface area contributed by atoms with E-state index in [9.17, 15) is 22.8 Å². The van der Waals surface area contributed by atoms with E-state index in [-0.39, 0.29) is 6.54 Å². The first kappa shape index (κ1) is 15.7. The van der Waals surface area contributed by atoms with E-state index in [1.807, 2.05) is 0 Å². The second-order valence-electron chi connectivity index (χ2n) is 3.43. The van der Waals surface area contributed by atoms with Crippen LogP contribution < -0.4 is 10.6 Å². The minimum absolute atomic E-state index is 0.117. The summed E-state index contributed by atoms with van der Waals surface area (Å²) in [6.07, 6.45) is -3.86. The number of carboxylic acid groups (broad SMARTS) is 1. The van der Waals surface area contributed by atoms with Crippen molar-refractivity contribution in [2.75, 3.05) is 13.6 Å². The molecule has 3 N–H and O–H groups in total. The van der Waals surface area contributed by atoms with Crippen molar-refractivity contribution in [3.63, 3.8) is 0 Å². The number of hydrogen-bond acceptors (Lipinski definition) is 3. The maximum atomic E-state index is 11.7. The molecule has 8 heteroatoms. The summed E-state index contributed by atoms with van der Waals surface area (Å²) in [5.74, 6) is -2.98. The molecule has 0 saturated heterocycles. The van der Waals surface area contributed by atoms with Crippen LogP contribution in [0.1, 0.15) is 19.3 Å². The summed E-state index contributed by atoms with van der Waals surface area (Å²) in [4.78, 5) is 20.9. The number of nitrogens with one attached hydrogen (secondary N) is 2. The van der Waals surface area contributed by atoms with E-state index >= 15 is 0 Å². The number of alkyl halides is 3. The van der Waals surface area contributed by atoms with Crippen LogP contribution in [0.25, 0.3) is 0 Å². The Bertz CT molecular complexity index is 269. The lowest BCUT2D eigenvalue weighted by atomic mass is 10.1. The topological polar surface area (TPSA) is 78.4 Å². The van der Waals surface area contributed by atoms with Crippen LogP contribution in [0.5, 0.6) is 0 Å². The molecule has 0 aromatic carbocycles. The van der Waals surface area contributed by atoms with E-state index in [0.717, 1.165) is 0 Å². The summed E-state index contributed by atoms with van der Waals surface area (Å²) in [7, 11) is 1.49. The molecule has 0 aromatic rings. The summed E-state index contributed by atoms with van der Waals surface area (Å²) in [6.45, 7) is -0.117. The lowest BCUT2D eigenvalue weighted by Crippen LogP contribution is -2.37. The first-order valence-electron chi connectivity index (χ1n) is 5.04. The molecule has 0 aliphatic rings. The molecule has 17 heavy (non-hydrogen) atoms. The molecular formula is C9H15F3N2O3. The highest BCUT2D eigenvalue weighted by molar-refractivity contribution is 5.81. The van der Waals surface area contributed by atoms with E-state index < -0.39 is 24.1 Å². The summed E-state index contributed by atoms with van der Waals surface area (Å²) < 4.78 is 35.2. The fourth-order valence-corrected chi connectivity index (χ4v) is 1.17. The van der Waals surface area contributed by atoms with Crippen LogP contribution in [-0.2, 0) is 9.59 Å². The number of unbranched alkanes of at least 4 members (excludes halogenated alkanes) is 1. The van der Waals surface area contributed by atoms with Gasteiger partial charge in [0.25, 0.3) is 0 Å². The lowest BCUT2D eigenvalue weighted by molar-refractivity contribution is -0.173. The average molecular weight is 256 g/mol. The number of amides is 1. The normalized spacial score (nSPS) is 13.2. The SMILES string of the molecule is CN[C@@H](CCCCNC(=O)C(F)(F)F)C(=O)O. The molecule has 100 valence electrons. The zero-order valence-corrected chi connectivity index (χ0v) is 9.30. The molecule has 5 nitrogen and oxygen atoms in total. The lowest BCUT2D eigenvalue weighted by Gasteiger charge is -2.11. The second-order valence-corrected chi connectivity index (χ2v) is 3.43. The summed E-state index contributed by atoms with van der Waals surface area (Å²) >= 11 is 0.